The average molecular weight is 318 g/mol. The number of benzene rings is 1. The number of rotatable bonds is 4. The molecule has 2 heterocycles. The lowest BCUT2D eigenvalue weighted by Crippen LogP contribution is -2.36. The van der Waals surface area contributed by atoms with Gasteiger partial charge in [-0.2, -0.15) is 0 Å². The molecule has 1 atom stereocenters. The van der Waals surface area contributed by atoms with Crippen LogP contribution in [0.25, 0.3) is 0 Å². The van der Waals surface area contributed by atoms with Crippen molar-refractivity contribution in [3.63, 3.8) is 0 Å². The molecule has 5 nitrogen and oxygen atoms in total. The van der Waals surface area contributed by atoms with Crippen LogP contribution in [0.4, 0.5) is 0 Å². The van der Waals surface area contributed by atoms with Gasteiger partial charge in [0.25, 0.3) is 0 Å². The van der Waals surface area contributed by atoms with Gasteiger partial charge < -0.3 is 9.84 Å². The standard InChI is InChI=1S/C16H18N2O3S/c1-11-14(22-10-17-11)6-7-18-8-9-21-13-5-3-2-4-12(13)15(18)16(19)20/h2-5,10,15H,6-9H2,1H3,(H,19,20). The van der Waals surface area contributed by atoms with Gasteiger partial charge in [0.2, 0.25) is 0 Å². The zero-order chi connectivity index (χ0) is 15.5. The lowest BCUT2D eigenvalue weighted by molar-refractivity contribution is -0.143. The van der Waals surface area contributed by atoms with Crippen molar-refractivity contribution in [1.82, 2.24) is 9.88 Å². The molecular weight excluding hydrogens is 300 g/mol. The maximum atomic E-state index is 11.8. The fourth-order valence-corrected chi connectivity index (χ4v) is 3.55. The maximum Gasteiger partial charge on any atom is 0.325 e. The fraction of sp³-hybridized carbons (Fsp3) is 0.375. The second-order valence-corrected chi connectivity index (χ2v) is 6.21. The van der Waals surface area contributed by atoms with Crippen LogP contribution in [0, 0.1) is 6.92 Å². The van der Waals surface area contributed by atoms with Crippen LogP contribution in [0.15, 0.2) is 29.8 Å². The number of fused-ring (bicyclic) bond motifs is 1. The van der Waals surface area contributed by atoms with E-state index in [1.165, 1.54) is 4.88 Å². The average Bonchev–Trinajstić information content (AvgIpc) is 2.81. The zero-order valence-corrected chi connectivity index (χ0v) is 13.2. The second-order valence-electron chi connectivity index (χ2n) is 5.27. The van der Waals surface area contributed by atoms with Crippen LogP contribution in [0.3, 0.4) is 0 Å². The molecular formula is C16H18N2O3S. The number of carboxylic acids is 1. The number of nitrogens with zero attached hydrogens (tertiary/aromatic N) is 2. The molecule has 22 heavy (non-hydrogen) atoms. The van der Waals surface area contributed by atoms with Crippen molar-refractivity contribution in [2.45, 2.75) is 19.4 Å². The number of aliphatic carboxylic acids is 1. The molecule has 2 aromatic rings. The van der Waals surface area contributed by atoms with Gasteiger partial charge in [0.15, 0.2) is 0 Å². The summed E-state index contributed by atoms with van der Waals surface area (Å²) in [6.07, 6.45) is 0.808. The molecule has 0 bridgehead atoms. The van der Waals surface area contributed by atoms with E-state index < -0.39 is 12.0 Å². The van der Waals surface area contributed by atoms with E-state index in [2.05, 4.69) is 4.98 Å². The summed E-state index contributed by atoms with van der Waals surface area (Å²) in [4.78, 5) is 19.2. The first kappa shape index (κ1) is 15.0. The largest absolute Gasteiger partial charge is 0.492 e. The first-order chi connectivity index (χ1) is 10.7. The molecule has 1 N–H and O–H groups in total. The number of thiazole rings is 1. The molecule has 6 heteroatoms. The van der Waals surface area contributed by atoms with Crippen LogP contribution >= 0.6 is 11.3 Å². The highest BCUT2D eigenvalue weighted by atomic mass is 32.1. The van der Waals surface area contributed by atoms with E-state index >= 15 is 0 Å². The summed E-state index contributed by atoms with van der Waals surface area (Å²) in [5.74, 6) is -0.162. The lowest BCUT2D eigenvalue weighted by atomic mass is 10.0. The van der Waals surface area contributed by atoms with E-state index in [4.69, 9.17) is 4.74 Å². The summed E-state index contributed by atoms with van der Waals surface area (Å²) in [6.45, 7) is 3.77. The highest BCUT2D eigenvalue weighted by Crippen LogP contribution is 2.32. The molecule has 0 radical (unpaired) electrons. The van der Waals surface area contributed by atoms with Crippen molar-refractivity contribution in [1.29, 1.82) is 0 Å². The minimum atomic E-state index is -0.834. The predicted octanol–water partition coefficient (Wildman–Crippen LogP) is 2.51. The Morgan fingerprint density at radius 3 is 3.05 bits per heavy atom. The van der Waals surface area contributed by atoms with Crippen molar-refractivity contribution in [3.8, 4) is 5.75 Å². The third-order valence-corrected chi connectivity index (χ3v) is 4.91. The Balaban J connectivity index is 1.83. The number of aryl methyl sites for hydroxylation is 1. The van der Waals surface area contributed by atoms with Crippen LogP contribution in [-0.2, 0) is 11.2 Å². The maximum absolute atomic E-state index is 11.8. The molecule has 1 unspecified atom stereocenters. The highest BCUT2D eigenvalue weighted by Gasteiger charge is 2.32. The third kappa shape index (κ3) is 2.98. The lowest BCUT2D eigenvalue weighted by Gasteiger charge is -2.26. The molecule has 1 aromatic carbocycles. The first-order valence-electron chi connectivity index (χ1n) is 7.24. The van der Waals surface area contributed by atoms with Gasteiger partial charge in [-0.25, -0.2) is 4.98 Å². The number of aromatic nitrogens is 1. The molecule has 0 saturated carbocycles. The van der Waals surface area contributed by atoms with Gasteiger partial charge in [0.05, 0.1) is 11.2 Å². The molecule has 0 amide bonds. The number of ether oxygens (including phenoxy) is 1. The third-order valence-electron chi connectivity index (χ3n) is 3.92. The Morgan fingerprint density at radius 2 is 2.32 bits per heavy atom. The summed E-state index contributed by atoms with van der Waals surface area (Å²) < 4.78 is 5.71. The van der Waals surface area contributed by atoms with Crippen LogP contribution in [0.2, 0.25) is 0 Å². The number of carboxylic acid groups (broad SMARTS) is 1. The van der Waals surface area contributed by atoms with E-state index in [1.807, 2.05) is 41.6 Å². The van der Waals surface area contributed by atoms with Crippen LogP contribution in [0.1, 0.15) is 22.2 Å². The zero-order valence-electron chi connectivity index (χ0n) is 12.4. The topological polar surface area (TPSA) is 62.7 Å². The molecule has 3 rings (SSSR count). The minimum absolute atomic E-state index is 0.502. The summed E-state index contributed by atoms with van der Waals surface area (Å²) in [7, 11) is 0. The van der Waals surface area contributed by atoms with Crippen molar-refractivity contribution in [2.24, 2.45) is 0 Å². The molecule has 0 aliphatic carbocycles. The van der Waals surface area contributed by atoms with Gasteiger partial charge in [-0.15, -0.1) is 11.3 Å². The molecule has 1 aliphatic heterocycles. The summed E-state index contributed by atoms with van der Waals surface area (Å²) in [6, 6.07) is 6.74. The fourth-order valence-electron chi connectivity index (χ4n) is 2.78. The van der Waals surface area contributed by atoms with Crippen molar-refractivity contribution in [2.75, 3.05) is 19.7 Å². The molecule has 0 fully saturated rings. The molecule has 116 valence electrons. The van der Waals surface area contributed by atoms with E-state index in [0.717, 1.165) is 17.7 Å². The smallest absolute Gasteiger partial charge is 0.325 e. The number of hydrogen-bond acceptors (Lipinski definition) is 5. The van der Waals surface area contributed by atoms with Gasteiger partial charge in [-0.05, 0) is 19.4 Å². The van der Waals surface area contributed by atoms with E-state index in [1.54, 1.807) is 11.3 Å². The van der Waals surface area contributed by atoms with E-state index in [-0.39, 0.29) is 0 Å². The Kier molecular flexibility index (Phi) is 4.40. The first-order valence-corrected chi connectivity index (χ1v) is 8.12. The molecule has 1 aliphatic rings. The van der Waals surface area contributed by atoms with Gasteiger partial charge in [0, 0.05) is 23.5 Å². The van der Waals surface area contributed by atoms with E-state index in [0.29, 0.717) is 25.4 Å². The van der Waals surface area contributed by atoms with Crippen LogP contribution < -0.4 is 4.74 Å². The molecule has 0 saturated heterocycles. The highest BCUT2D eigenvalue weighted by molar-refractivity contribution is 7.09. The minimum Gasteiger partial charge on any atom is -0.492 e. The Labute approximate surface area is 133 Å². The summed E-state index contributed by atoms with van der Waals surface area (Å²) in [5, 5.41) is 9.69. The predicted molar refractivity (Wildman–Crippen MR) is 84.4 cm³/mol. The summed E-state index contributed by atoms with van der Waals surface area (Å²) in [5.41, 5.74) is 3.59. The van der Waals surface area contributed by atoms with Crippen molar-refractivity contribution >= 4 is 17.3 Å². The van der Waals surface area contributed by atoms with Gasteiger partial charge in [0.1, 0.15) is 18.4 Å². The molecule has 1 aromatic heterocycles. The second kappa shape index (κ2) is 6.46. The summed E-state index contributed by atoms with van der Waals surface area (Å²) >= 11 is 1.62. The van der Waals surface area contributed by atoms with Gasteiger partial charge in [-0.1, -0.05) is 18.2 Å². The number of carbonyl (C=O) groups is 1. The van der Waals surface area contributed by atoms with Gasteiger partial charge >= 0.3 is 5.97 Å². The van der Waals surface area contributed by atoms with Crippen LogP contribution in [-0.4, -0.2) is 40.7 Å². The Hall–Kier alpha value is -1.92. The van der Waals surface area contributed by atoms with E-state index in [9.17, 15) is 9.90 Å². The monoisotopic (exact) mass is 318 g/mol. The quantitative estimate of drug-likeness (QED) is 0.938. The Morgan fingerprint density at radius 1 is 1.50 bits per heavy atom. The number of hydrogen-bond donors (Lipinski definition) is 1. The SMILES string of the molecule is Cc1ncsc1CCN1CCOc2ccccc2C1C(=O)O. The normalized spacial score (nSPS) is 18.3. The molecule has 0 spiro atoms. The number of para-hydroxylation sites is 1. The van der Waals surface area contributed by atoms with Gasteiger partial charge in [-0.3, -0.25) is 9.69 Å². The van der Waals surface area contributed by atoms with Crippen molar-refractivity contribution in [3.05, 3.63) is 45.9 Å². The van der Waals surface area contributed by atoms with Crippen molar-refractivity contribution < 1.29 is 14.6 Å². The Bertz CT molecular complexity index is 671. The van der Waals surface area contributed by atoms with Crippen LogP contribution in [0.5, 0.6) is 5.75 Å².